The number of nitrogens with one attached hydrogen (secondary N) is 1. The van der Waals surface area contributed by atoms with Gasteiger partial charge in [0, 0.05) is 18.2 Å². The molecule has 2 aliphatic rings. The molecular formula is C14H18N2O2. The van der Waals surface area contributed by atoms with Crippen LogP contribution in [0, 0.1) is 0 Å². The minimum atomic E-state index is 0.226. The predicted molar refractivity (Wildman–Crippen MR) is 69.9 cm³/mol. The first-order valence-corrected chi connectivity index (χ1v) is 6.49. The van der Waals surface area contributed by atoms with E-state index in [0.717, 1.165) is 30.8 Å². The largest absolute Gasteiger partial charge is 0.497 e. The number of carbonyl (C=O) groups excluding carboxylic acids is 1. The van der Waals surface area contributed by atoms with Gasteiger partial charge in [-0.1, -0.05) is 0 Å². The molecule has 2 saturated heterocycles. The second-order valence-corrected chi connectivity index (χ2v) is 4.94. The van der Waals surface area contributed by atoms with Crippen LogP contribution in [0.25, 0.3) is 0 Å². The maximum Gasteiger partial charge on any atom is 0.228 e. The van der Waals surface area contributed by atoms with Crippen molar-refractivity contribution in [3.05, 3.63) is 24.3 Å². The minimum absolute atomic E-state index is 0.226. The van der Waals surface area contributed by atoms with Gasteiger partial charge >= 0.3 is 0 Å². The molecule has 1 amide bonds. The smallest absolute Gasteiger partial charge is 0.228 e. The monoisotopic (exact) mass is 246 g/mol. The number of ether oxygens (including phenoxy) is 1. The standard InChI is InChI=1S/C14H18N2O2/c1-18-11-6-4-10(5-7-11)16-13-3-2-8-15-12(13)9-14(16)17/h4-7,12-13,15H,2-3,8-9H2,1H3. The third-order valence-electron chi connectivity index (χ3n) is 3.89. The molecule has 4 heteroatoms. The fourth-order valence-corrected chi connectivity index (χ4v) is 3.00. The zero-order valence-electron chi connectivity index (χ0n) is 10.6. The summed E-state index contributed by atoms with van der Waals surface area (Å²) >= 11 is 0. The molecule has 18 heavy (non-hydrogen) atoms. The number of methoxy groups -OCH3 is 1. The van der Waals surface area contributed by atoms with Crippen LogP contribution < -0.4 is 15.0 Å². The average molecular weight is 246 g/mol. The van der Waals surface area contributed by atoms with Crippen LogP contribution in [0.5, 0.6) is 5.75 Å². The second kappa shape index (κ2) is 4.61. The molecule has 2 heterocycles. The van der Waals surface area contributed by atoms with Gasteiger partial charge in [-0.15, -0.1) is 0 Å². The summed E-state index contributed by atoms with van der Waals surface area (Å²) in [5.41, 5.74) is 0.983. The molecule has 0 spiro atoms. The Kier molecular flexibility index (Phi) is 2.96. The summed E-state index contributed by atoms with van der Waals surface area (Å²) in [5, 5.41) is 3.45. The molecule has 3 rings (SSSR count). The zero-order chi connectivity index (χ0) is 12.5. The van der Waals surface area contributed by atoms with Gasteiger partial charge in [-0.2, -0.15) is 0 Å². The van der Waals surface area contributed by atoms with Crippen molar-refractivity contribution >= 4 is 11.6 Å². The maximum absolute atomic E-state index is 12.2. The normalized spacial score (nSPS) is 27.2. The zero-order valence-corrected chi connectivity index (χ0v) is 10.6. The number of carbonyl (C=O) groups is 1. The lowest BCUT2D eigenvalue weighted by Crippen LogP contribution is -2.47. The van der Waals surface area contributed by atoms with E-state index in [1.54, 1.807) is 7.11 Å². The van der Waals surface area contributed by atoms with Crippen molar-refractivity contribution in [2.45, 2.75) is 31.3 Å². The Morgan fingerprint density at radius 2 is 2.11 bits per heavy atom. The van der Waals surface area contributed by atoms with Gasteiger partial charge in [0.2, 0.25) is 5.91 Å². The van der Waals surface area contributed by atoms with E-state index in [1.165, 1.54) is 0 Å². The SMILES string of the molecule is COc1ccc(N2C(=O)CC3NCCCC32)cc1. The fourth-order valence-electron chi connectivity index (χ4n) is 3.00. The number of piperidine rings is 1. The van der Waals surface area contributed by atoms with E-state index in [4.69, 9.17) is 4.74 Å². The molecule has 1 aromatic carbocycles. The molecule has 0 saturated carbocycles. The maximum atomic E-state index is 12.2. The molecule has 96 valence electrons. The van der Waals surface area contributed by atoms with E-state index >= 15 is 0 Å². The van der Waals surface area contributed by atoms with E-state index in [0.29, 0.717) is 18.5 Å². The van der Waals surface area contributed by atoms with E-state index < -0.39 is 0 Å². The molecule has 2 fully saturated rings. The summed E-state index contributed by atoms with van der Waals surface area (Å²) in [4.78, 5) is 14.1. The molecule has 0 aromatic heterocycles. The van der Waals surface area contributed by atoms with Crippen molar-refractivity contribution in [1.29, 1.82) is 0 Å². The lowest BCUT2D eigenvalue weighted by Gasteiger charge is -2.32. The van der Waals surface area contributed by atoms with E-state index in [-0.39, 0.29) is 5.91 Å². The van der Waals surface area contributed by atoms with Gasteiger partial charge in [-0.25, -0.2) is 0 Å². The molecule has 2 atom stereocenters. The van der Waals surface area contributed by atoms with Gasteiger partial charge < -0.3 is 15.0 Å². The van der Waals surface area contributed by atoms with E-state index in [1.807, 2.05) is 29.2 Å². The van der Waals surface area contributed by atoms with Crippen molar-refractivity contribution < 1.29 is 9.53 Å². The molecule has 4 nitrogen and oxygen atoms in total. The second-order valence-electron chi connectivity index (χ2n) is 4.94. The topological polar surface area (TPSA) is 41.6 Å². The third kappa shape index (κ3) is 1.86. The first-order chi connectivity index (χ1) is 8.79. The van der Waals surface area contributed by atoms with Crippen molar-refractivity contribution in [3.63, 3.8) is 0 Å². The molecular weight excluding hydrogens is 228 g/mol. The van der Waals surface area contributed by atoms with Gasteiger partial charge in [0.25, 0.3) is 0 Å². The number of nitrogens with zero attached hydrogens (tertiary/aromatic N) is 1. The van der Waals surface area contributed by atoms with Gasteiger partial charge in [-0.3, -0.25) is 4.79 Å². The molecule has 2 unspecified atom stereocenters. The summed E-state index contributed by atoms with van der Waals surface area (Å²) in [7, 11) is 1.65. The van der Waals surface area contributed by atoms with E-state index in [2.05, 4.69) is 5.32 Å². The van der Waals surface area contributed by atoms with Crippen LogP contribution in [0.2, 0.25) is 0 Å². The summed E-state index contributed by atoms with van der Waals surface area (Å²) in [5.74, 6) is 1.05. The Morgan fingerprint density at radius 1 is 1.33 bits per heavy atom. The van der Waals surface area contributed by atoms with Gasteiger partial charge in [0.1, 0.15) is 5.75 Å². The molecule has 2 aliphatic heterocycles. The first-order valence-electron chi connectivity index (χ1n) is 6.49. The number of hydrogen-bond acceptors (Lipinski definition) is 3. The average Bonchev–Trinajstić information content (AvgIpc) is 2.75. The van der Waals surface area contributed by atoms with Crippen molar-refractivity contribution in [3.8, 4) is 5.75 Å². The fraction of sp³-hybridized carbons (Fsp3) is 0.500. The molecule has 0 bridgehead atoms. The van der Waals surface area contributed by atoms with Crippen LogP contribution in [0.15, 0.2) is 24.3 Å². The summed E-state index contributed by atoms with van der Waals surface area (Å²) in [6.07, 6.45) is 2.85. The molecule has 0 radical (unpaired) electrons. The predicted octanol–water partition coefficient (Wildman–Crippen LogP) is 1.55. The van der Waals surface area contributed by atoms with E-state index in [9.17, 15) is 4.79 Å². The summed E-state index contributed by atoms with van der Waals surface area (Å²) < 4.78 is 5.15. The Hall–Kier alpha value is -1.55. The van der Waals surface area contributed by atoms with Gasteiger partial charge in [0.05, 0.1) is 13.2 Å². The van der Waals surface area contributed by atoms with Crippen LogP contribution in [0.1, 0.15) is 19.3 Å². The highest BCUT2D eigenvalue weighted by molar-refractivity contribution is 5.97. The number of fused-ring (bicyclic) bond motifs is 1. The third-order valence-corrected chi connectivity index (χ3v) is 3.89. The Bertz CT molecular complexity index is 444. The van der Waals surface area contributed by atoms with Gasteiger partial charge in [-0.05, 0) is 43.7 Å². The number of hydrogen-bond donors (Lipinski definition) is 1. The van der Waals surface area contributed by atoms with Crippen LogP contribution >= 0.6 is 0 Å². The van der Waals surface area contributed by atoms with Gasteiger partial charge in [0.15, 0.2) is 0 Å². The van der Waals surface area contributed by atoms with Crippen LogP contribution in [0.3, 0.4) is 0 Å². The summed E-state index contributed by atoms with van der Waals surface area (Å²) in [6.45, 7) is 1.03. The Labute approximate surface area is 107 Å². The summed E-state index contributed by atoms with van der Waals surface area (Å²) in [6, 6.07) is 8.40. The lowest BCUT2D eigenvalue weighted by atomic mass is 9.99. The Morgan fingerprint density at radius 3 is 2.83 bits per heavy atom. The van der Waals surface area contributed by atoms with Crippen LogP contribution in [-0.2, 0) is 4.79 Å². The highest BCUT2D eigenvalue weighted by Gasteiger charge is 2.41. The first kappa shape index (κ1) is 11.5. The molecule has 0 aliphatic carbocycles. The van der Waals surface area contributed by atoms with Crippen molar-refractivity contribution in [1.82, 2.24) is 5.32 Å². The van der Waals surface area contributed by atoms with Crippen molar-refractivity contribution in [2.75, 3.05) is 18.6 Å². The van der Waals surface area contributed by atoms with Crippen LogP contribution in [0.4, 0.5) is 5.69 Å². The van der Waals surface area contributed by atoms with Crippen molar-refractivity contribution in [2.24, 2.45) is 0 Å². The highest BCUT2D eigenvalue weighted by atomic mass is 16.5. The highest BCUT2D eigenvalue weighted by Crippen LogP contribution is 2.32. The lowest BCUT2D eigenvalue weighted by molar-refractivity contribution is -0.117. The minimum Gasteiger partial charge on any atom is -0.497 e. The number of amides is 1. The molecule has 1 aromatic rings. The number of rotatable bonds is 2. The van der Waals surface area contributed by atoms with Crippen LogP contribution in [-0.4, -0.2) is 31.6 Å². The number of benzene rings is 1. The molecule has 1 N–H and O–H groups in total. The Balaban J connectivity index is 1.87. The number of anilines is 1. The quantitative estimate of drug-likeness (QED) is 0.861.